The first kappa shape index (κ1) is 17.6. The number of rotatable bonds is 5. The number of aryl methyl sites for hydroxylation is 1. The highest BCUT2D eigenvalue weighted by atomic mass is 19.1. The lowest BCUT2D eigenvalue weighted by atomic mass is 10.1. The number of carbonyl (C=O) groups excluding carboxylic acids is 1. The van der Waals surface area contributed by atoms with Crippen molar-refractivity contribution in [3.05, 3.63) is 71.0 Å². The van der Waals surface area contributed by atoms with Crippen LogP contribution in [0.15, 0.2) is 48.5 Å². The van der Waals surface area contributed by atoms with E-state index in [1.807, 2.05) is 48.2 Å². The molecule has 3 rings (SSSR count). The Hall–Kier alpha value is -2.20. The van der Waals surface area contributed by atoms with Gasteiger partial charge in [-0.05, 0) is 36.1 Å². The minimum absolute atomic E-state index is 0.130. The van der Waals surface area contributed by atoms with Crippen LogP contribution in [0, 0.1) is 12.7 Å². The fourth-order valence-electron chi connectivity index (χ4n) is 3.28. The molecule has 25 heavy (non-hydrogen) atoms. The summed E-state index contributed by atoms with van der Waals surface area (Å²) in [6, 6.07) is 15.0. The van der Waals surface area contributed by atoms with Crippen LogP contribution in [0.4, 0.5) is 4.39 Å². The van der Waals surface area contributed by atoms with E-state index in [0.717, 1.165) is 43.9 Å². The SMILES string of the molecule is Cc1ccccc1CC(=O)N1CCN(CCc2ccccc2F)CC1. The highest BCUT2D eigenvalue weighted by Gasteiger charge is 2.21. The van der Waals surface area contributed by atoms with Crippen molar-refractivity contribution >= 4 is 5.91 Å². The molecule has 0 radical (unpaired) electrons. The lowest BCUT2D eigenvalue weighted by Crippen LogP contribution is -2.49. The molecule has 2 aromatic rings. The third-order valence-corrected chi connectivity index (χ3v) is 4.98. The number of hydrogen-bond donors (Lipinski definition) is 0. The number of hydrogen-bond acceptors (Lipinski definition) is 2. The number of nitrogens with zero attached hydrogens (tertiary/aromatic N) is 2. The summed E-state index contributed by atoms with van der Waals surface area (Å²) < 4.78 is 13.7. The normalized spacial score (nSPS) is 15.4. The molecule has 0 atom stereocenters. The van der Waals surface area contributed by atoms with Crippen LogP contribution >= 0.6 is 0 Å². The molecule has 1 amide bonds. The van der Waals surface area contributed by atoms with Crippen molar-refractivity contribution in [3.63, 3.8) is 0 Å². The molecule has 1 fully saturated rings. The molecule has 0 aromatic heterocycles. The van der Waals surface area contributed by atoms with E-state index < -0.39 is 0 Å². The fraction of sp³-hybridized carbons (Fsp3) is 0.381. The van der Waals surface area contributed by atoms with Crippen LogP contribution in [0.2, 0.25) is 0 Å². The topological polar surface area (TPSA) is 23.6 Å². The Bertz CT molecular complexity index is 723. The molecule has 0 saturated carbocycles. The van der Waals surface area contributed by atoms with E-state index in [0.29, 0.717) is 12.8 Å². The number of piperazine rings is 1. The molecule has 1 aliphatic heterocycles. The molecule has 2 aromatic carbocycles. The van der Waals surface area contributed by atoms with Crippen LogP contribution in [0.3, 0.4) is 0 Å². The maximum absolute atomic E-state index is 13.7. The summed E-state index contributed by atoms with van der Waals surface area (Å²) in [5.41, 5.74) is 3.04. The van der Waals surface area contributed by atoms with E-state index >= 15 is 0 Å². The fourth-order valence-corrected chi connectivity index (χ4v) is 3.28. The molecule has 0 unspecified atom stereocenters. The number of benzene rings is 2. The second-order valence-electron chi connectivity index (χ2n) is 6.67. The van der Waals surface area contributed by atoms with Gasteiger partial charge in [0.1, 0.15) is 5.82 Å². The Balaban J connectivity index is 1.46. The van der Waals surface area contributed by atoms with Gasteiger partial charge in [0.05, 0.1) is 6.42 Å². The smallest absolute Gasteiger partial charge is 0.227 e. The maximum atomic E-state index is 13.7. The Morgan fingerprint density at radius 2 is 1.60 bits per heavy atom. The molecule has 0 N–H and O–H groups in total. The van der Waals surface area contributed by atoms with Crippen LogP contribution in [0.25, 0.3) is 0 Å². The van der Waals surface area contributed by atoms with E-state index in [1.54, 1.807) is 6.07 Å². The average Bonchev–Trinajstić information content (AvgIpc) is 2.63. The van der Waals surface area contributed by atoms with Crippen LogP contribution < -0.4 is 0 Å². The number of carbonyl (C=O) groups is 1. The van der Waals surface area contributed by atoms with E-state index in [9.17, 15) is 9.18 Å². The zero-order chi connectivity index (χ0) is 17.6. The zero-order valence-electron chi connectivity index (χ0n) is 14.7. The first-order valence-corrected chi connectivity index (χ1v) is 8.91. The van der Waals surface area contributed by atoms with Gasteiger partial charge >= 0.3 is 0 Å². The molecular weight excluding hydrogens is 315 g/mol. The van der Waals surface area contributed by atoms with Gasteiger partial charge in [-0.15, -0.1) is 0 Å². The molecule has 3 nitrogen and oxygen atoms in total. The highest BCUT2D eigenvalue weighted by Crippen LogP contribution is 2.12. The van der Waals surface area contributed by atoms with Crippen molar-refractivity contribution in [2.75, 3.05) is 32.7 Å². The summed E-state index contributed by atoms with van der Waals surface area (Å²) in [7, 11) is 0. The summed E-state index contributed by atoms with van der Waals surface area (Å²) in [4.78, 5) is 16.8. The summed E-state index contributed by atoms with van der Waals surface area (Å²) in [5.74, 6) is 0.0672. The second-order valence-corrected chi connectivity index (χ2v) is 6.67. The lowest BCUT2D eigenvalue weighted by molar-refractivity contribution is -0.132. The number of halogens is 1. The second kappa shape index (κ2) is 8.26. The molecule has 0 aliphatic carbocycles. The summed E-state index contributed by atoms with van der Waals surface area (Å²) >= 11 is 0. The van der Waals surface area contributed by atoms with Crippen molar-refractivity contribution in [3.8, 4) is 0 Å². The van der Waals surface area contributed by atoms with Gasteiger partial charge in [0.2, 0.25) is 5.91 Å². The van der Waals surface area contributed by atoms with Crippen LogP contribution in [-0.4, -0.2) is 48.4 Å². The van der Waals surface area contributed by atoms with Gasteiger partial charge < -0.3 is 4.90 Å². The standard InChI is InChI=1S/C21H25FN2O/c1-17-6-2-3-8-19(17)16-21(25)24-14-12-23(13-15-24)11-10-18-7-4-5-9-20(18)22/h2-9H,10-16H2,1H3. The largest absolute Gasteiger partial charge is 0.340 e. The monoisotopic (exact) mass is 340 g/mol. The summed E-state index contributed by atoms with van der Waals surface area (Å²) in [6.07, 6.45) is 1.19. The third kappa shape index (κ3) is 4.67. The van der Waals surface area contributed by atoms with E-state index in [-0.39, 0.29) is 11.7 Å². The molecule has 132 valence electrons. The van der Waals surface area contributed by atoms with Gasteiger partial charge in [0, 0.05) is 32.7 Å². The van der Waals surface area contributed by atoms with Crippen LogP contribution in [0.1, 0.15) is 16.7 Å². The minimum atomic E-state index is -0.130. The molecule has 0 spiro atoms. The Labute approximate surface area is 149 Å². The first-order chi connectivity index (χ1) is 12.1. The van der Waals surface area contributed by atoms with Gasteiger partial charge in [-0.2, -0.15) is 0 Å². The molecule has 1 aliphatic rings. The summed E-state index contributed by atoms with van der Waals surface area (Å²) in [6.45, 7) is 6.09. The van der Waals surface area contributed by atoms with Crippen LogP contribution in [-0.2, 0) is 17.6 Å². The van der Waals surface area contributed by atoms with Gasteiger partial charge in [0.15, 0.2) is 0 Å². The minimum Gasteiger partial charge on any atom is -0.340 e. The quantitative estimate of drug-likeness (QED) is 0.835. The van der Waals surface area contributed by atoms with Crippen molar-refractivity contribution in [2.45, 2.75) is 19.8 Å². The predicted molar refractivity (Wildman–Crippen MR) is 98.0 cm³/mol. The van der Waals surface area contributed by atoms with Gasteiger partial charge in [-0.25, -0.2) is 4.39 Å². The van der Waals surface area contributed by atoms with Crippen molar-refractivity contribution in [2.24, 2.45) is 0 Å². The molecule has 1 saturated heterocycles. The van der Waals surface area contributed by atoms with E-state index in [2.05, 4.69) is 4.90 Å². The molecular formula is C21H25FN2O. The predicted octanol–water partition coefficient (Wildman–Crippen LogP) is 3.06. The lowest BCUT2D eigenvalue weighted by Gasteiger charge is -2.35. The first-order valence-electron chi connectivity index (χ1n) is 8.91. The number of amides is 1. The third-order valence-electron chi connectivity index (χ3n) is 4.98. The van der Waals surface area contributed by atoms with Crippen molar-refractivity contribution in [1.29, 1.82) is 0 Å². The highest BCUT2D eigenvalue weighted by molar-refractivity contribution is 5.79. The average molecular weight is 340 g/mol. The Morgan fingerprint density at radius 3 is 2.28 bits per heavy atom. The van der Waals surface area contributed by atoms with Crippen LogP contribution in [0.5, 0.6) is 0 Å². The Morgan fingerprint density at radius 1 is 0.960 bits per heavy atom. The van der Waals surface area contributed by atoms with Crippen molar-refractivity contribution in [1.82, 2.24) is 9.80 Å². The molecule has 1 heterocycles. The van der Waals surface area contributed by atoms with Gasteiger partial charge in [0.25, 0.3) is 0 Å². The maximum Gasteiger partial charge on any atom is 0.227 e. The van der Waals surface area contributed by atoms with Gasteiger partial charge in [-0.1, -0.05) is 42.5 Å². The van der Waals surface area contributed by atoms with E-state index in [1.165, 1.54) is 11.6 Å². The van der Waals surface area contributed by atoms with E-state index in [4.69, 9.17) is 0 Å². The van der Waals surface area contributed by atoms with Gasteiger partial charge in [-0.3, -0.25) is 9.69 Å². The molecule has 0 bridgehead atoms. The summed E-state index contributed by atoms with van der Waals surface area (Å²) in [5, 5.41) is 0. The molecule has 4 heteroatoms. The Kier molecular flexibility index (Phi) is 5.82. The van der Waals surface area contributed by atoms with Crippen molar-refractivity contribution < 1.29 is 9.18 Å². The zero-order valence-corrected chi connectivity index (χ0v) is 14.7.